The minimum atomic E-state index is -0.386. The maximum Gasteiger partial charge on any atom is 0.150 e. The highest BCUT2D eigenvalue weighted by molar-refractivity contribution is 9.10. The third kappa shape index (κ3) is 2.30. The Bertz CT molecular complexity index is 441. The van der Waals surface area contributed by atoms with E-state index in [0.29, 0.717) is 15.8 Å². The molecule has 2 atom stereocenters. The fourth-order valence-electron chi connectivity index (χ4n) is 2.05. The Labute approximate surface area is 114 Å². The quantitative estimate of drug-likeness (QED) is 0.847. The van der Waals surface area contributed by atoms with Gasteiger partial charge in [0.1, 0.15) is 17.7 Å². The highest BCUT2D eigenvalue weighted by atomic mass is 79.9. The molecule has 0 spiro atoms. The Morgan fingerprint density at radius 2 is 2.29 bits per heavy atom. The van der Waals surface area contributed by atoms with Gasteiger partial charge in [0.2, 0.25) is 0 Å². The van der Waals surface area contributed by atoms with Crippen molar-refractivity contribution in [2.24, 2.45) is 0 Å². The predicted octanol–water partition coefficient (Wildman–Crippen LogP) is 4.06. The third-order valence-electron chi connectivity index (χ3n) is 2.86. The van der Waals surface area contributed by atoms with Crippen molar-refractivity contribution in [2.45, 2.75) is 32.4 Å². The van der Waals surface area contributed by atoms with E-state index in [1.54, 1.807) is 0 Å². The van der Waals surface area contributed by atoms with Gasteiger partial charge in [0.05, 0.1) is 21.1 Å². The van der Waals surface area contributed by atoms with Crippen molar-refractivity contribution >= 4 is 27.5 Å². The second kappa shape index (κ2) is 5.12. The molecule has 1 aromatic carbocycles. The van der Waals surface area contributed by atoms with Gasteiger partial charge in [-0.3, -0.25) is 0 Å². The number of ether oxygens (including phenoxy) is 1. The Balaban J connectivity index is 2.43. The molecule has 2 unspecified atom stereocenters. The van der Waals surface area contributed by atoms with E-state index in [2.05, 4.69) is 28.2 Å². The fraction of sp³-hybridized carbons (Fsp3) is 0.500. The van der Waals surface area contributed by atoms with E-state index in [1.165, 1.54) is 6.07 Å². The standard InChI is InChI=1S/C12H14BrClFNO/c1-3-4-16-11-6(2)17-12-7(13)5-8(14)10(15)9(11)12/h5-6,11,16H,3-4H2,1-2H3. The maximum absolute atomic E-state index is 14.1. The number of hydrogen-bond acceptors (Lipinski definition) is 2. The SMILES string of the molecule is CCCNC1c2c(F)c(Cl)cc(Br)c2OC1C. The van der Waals surface area contributed by atoms with E-state index in [1.807, 2.05) is 6.92 Å². The average molecular weight is 323 g/mol. The molecule has 1 aliphatic rings. The van der Waals surface area contributed by atoms with Crippen LogP contribution in [0.4, 0.5) is 4.39 Å². The first kappa shape index (κ1) is 13.1. The number of benzene rings is 1. The van der Waals surface area contributed by atoms with Crippen molar-refractivity contribution in [3.8, 4) is 5.75 Å². The normalized spacial score (nSPS) is 22.4. The summed E-state index contributed by atoms with van der Waals surface area (Å²) in [6, 6.07) is 1.39. The highest BCUT2D eigenvalue weighted by Gasteiger charge is 2.36. The second-order valence-electron chi connectivity index (χ2n) is 4.15. The van der Waals surface area contributed by atoms with E-state index in [9.17, 15) is 4.39 Å². The fourth-order valence-corrected chi connectivity index (χ4v) is 2.93. The Morgan fingerprint density at radius 1 is 1.59 bits per heavy atom. The van der Waals surface area contributed by atoms with Crippen LogP contribution in [0.15, 0.2) is 10.5 Å². The molecule has 0 radical (unpaired) electrons. The molecule has 2 rings (SSSR count). The minimum absolute atomic E-state index is 0.0965. The van der Waals surface area contributed by atoms with Crippen LogP contribution >= 0.6 is 27.5 Å². The molecule has 0 amide bonds. The second-order valence-corrected chi connectivity index (χ2v) is 5.41. The van der Waals surface area contributed by atoms with Gasteiger partial charge in [-0.1, -0.05) is 18.5 Å². The molecule has 0 aliphatic carbocycles. The van der Waals surface area contributed by atoms with Crippen molar-refractivity contribution < 1.29 is 9.13 Å². The van der Waals surface area contributed by atoms with Crippen molar-refractivity contribution in [3.63, 3.8) is 0 Å². The Kier molecular flexibility index (Phi) is 3.95. The molecule has 1 N–H and O–H groups in total. The van der Waals surface area contributed by atoms with Gasteiger partial charge >= 0.3 is 0 Å². The summed E-state index contributed by atoms with van der Waals surface area (Å²) in [5, 5.41) is 3.41. The van der Waals surface area contributed by atoms with Crippen LogP contribution in [0.5, 0.6) is 5.75 Å². The molecule has 1 aliphatic heterocycles. The van der Waals surface area contributed by atoms with Crippen LogP contribution in [0.3, 0.4) is 0 Å². The van der Waals surface area contributed by atoms with Crippen LogP contribution in [0.25, 0.3) is 0 Å². The van der Waals surface area contributed by atoms with Gasteiger partial charge in [-0.25, -0.2) is 4.39 Å². The summed E-state index contributed by atoms with van der Waals surface area (Å²) < 4.78 is 20.4. The van der Waals surface area contributed by atoms with Gasteiger partial charge in [0.25, 0.3) is 0 Å². The molecule has 0 aromatic heterocycles. The summed E-state index contributed by atoms with van der Waals surface area (Å²) >= 11 is 9.21. The molecule has 2 nitrogen and oxygen atoms in total. The van der Waals surface area contributed by atoms with Crippen molar-refractivity contribution in [3.05, 3.63) is 26.9 Å². The number of halogens is 3. The topological polar surface area (TPSA) is 21.3 Å². The lowest BCUT2D eigenvalue weighted by Crippen LogP contribution is -2.29. The number of fused-ring (bicyclic) bond motifs is 1. The Morgan fingerprint density at radius 3 is 2.94 bits per heavy atom. The molecule has 1 aromatic rings. The van der Waals surface area contributed by atoms with Crippen LogP contribution in [-0.4, -0.2) is 12.6 Å². The van der Waals surface area contributed by atoms with E-state index in [-0.39, 0.29) is 23.0 Å². The third-order valence-corrected chi connectivity index (χ3v) is 3.72. The smallest absolute Gasteiger partial charge is 0.150 e. The van der Waals surface area contributed by atoms with Gasteiger partial charge in [-0.2, -0.15) is 0 Å². The highest BCUT2D eigenvalue weighted by Crippen LogP contribution is 2.45. The molecular weight excluding hydrogens is 308 g/mol. The molecular formula is C12H14BrClFNO. The van der Waals surface area contributed by atoms with Crippen LogP contribution in [0, 0.1) is 5.82 Å². The van der Waals surface area contributed by atoms with Crippen LogP contribution in [0.1, 0.15) is 31.9 Å². The number of rotatable bonds is 3. The maximum atomic E-state index is 14.1. The molecule has 0 saturated heterocycles. The lowest BCUT2D eigenvalue weighted by atomic mass is 10.0. The van der Waals surface area contributed by atoms with Crippen LogP contribution in [-0.2, 0) is 0 Å². The average Bonchev–Trinajstić information content (AvgIpc) is 2.61. The summed E-state index contributed by atoms with van der Waals surface area (Å²) in [7, 11) is 0. The van der Waals surface area contributed by atoms with Gasteiger partial charge in [0, 0.05) is 0 Å². The minimum Gasteiger partial charge on any atom is -0.487 e. The van der Waals surface area contributed by atoms with Gasteiger partial charge in [-0.05, 0) is 41.9 Å². The first-order chi connectivity index (χ1) is 8.06. The summed E-state index contributed by atoms with van der Waals surface area (Å²) in [6.45, 7) is 4.81. The predicted molar refractivity (Wildman–Crippen MR) is 70.2 cm³/mol. The molecule has 17 heavy (non-hydrogen) atoms. The largest absolute Gasteiger partial charge is 0.487 e. The lowest BCUT2D eigenvalue weighted by molar-refractivity contribution is 0.208. The molecule has 0 saturated carbocycles. The van der Waals surface area contributed by atoms with Gasteiger partial charge in [0.15, 0.2) is 0 Å². The summed E-state index contributed by atoms with van der Waals surface area (Å²) in [6.07, 6.45) is 0.892. The Hall–Kier alpha value is -0.320. The van der Waals surface area contributed by atoms with Crippen LogP contribution < -0.4 is 10.1 Å². The van der Waals surface area contributed by atoms with Gasteiger partial charge in [-0.15, -0.1) is 0 Å². The number of nitrogens with one attached hydrogen (secondary N) is 1. The zero-order valence-electron chi connectivity index (χ0n) is 9.69. The monoisotopic (exact) mass is 321 g/mol. The molecule has 94 valence electrons. The van der Waals surface area contributed by atoms with E-state index in [4.69, 9.17) is 16.3 Å². The van der Waals surface area contributed by atoms with E-state index >= 15 is 0 Å². The van der Waals surface area contributed by atoms with E-state index < -0.39 is 0 Å². The van der Waals surface area contributed by atoms with Crippen molar-refractivity contribution in [1.29, 1.82) is 0 Å². The van der Waals surface area contributed by atoms with Crippen molar-refractivity contribution in [2.75, 3.05) is 6.54 Å². The summed E-state index contributed by atoms with van der Waals surface area (Å²) in [5.41, 5.74) is 0.533. The first-order valence-corrected chi connectivity index (χ1v) is 6.80. The zero-order valence-corrected chi connectivity index (χ0v) is 12.0. The number of hydrogen-bond donors (Lipinski definition) is 1. The molecule has 0 bridgehead atoms. The zero-order chi connectivity index (χ0) is 12.6. The van der Waals surface area contributed by atoms with Crippen LogP contribution in [0.2, 0.25) is 5.02 Å². The first-order valence-electron chi connectivity index (χ1n) is 5.63. The van der Waals surface area contributed by atoms with E-state index in [0.717, 1.165) is 13.0 Å². The van der Waals surface area contributed by atoms with Crippen molar-refractivity contribution in [1.82, 2.24) is 5.32 Å². The molecule has 0 fully saturated rings. The van der Waals surface area contributed by atoms with Gasteiger partial charge < -0.3 is 10.1 Å². The lowest BCUT2D eigenvalue weighted by Gasteiger charge is -2.16. The molecule has 1 heterocycles. The summed E-state index contributed by atoms with van der Waals surface area (Å²) in [4.78, 5) is 0. The molecule has 5 heteroatoms. The summed E-state index contributed by atoms with van der Waals surface area (Å²) in [5.74, 6) is 0.177.